The Kier molecular flexibility index (Phi) is 11.9. The van der Waals surface area contributed by atoms with Crippen LogP contribution in [0.3, 0.4) is 0 Å². The molecule has 0 aromatic heterocycles. The molecule has 0 saturated carbocycles. The number of anilines is 1. The standard InChI is InChI=1S/C30H35Cl2N3O5S/c1-4-5-16-33-30(37)27(18-22-10-7-6-8-11-22)34(20-23-12-9-13-24(31)17-23)29(36)21-35(41(3,38)39)26-19-25(32)14-15-28(26)40-2/h6-15,17,19,27H,4-5,16,18,20-21H2,1-3H3,(H,33,37)/t27-/m1/s1. The summed E-state index contributed by atoms with van der Waals surface area (Å²) >= 11 is 12.4. The number of halogens is 2. The van der Waals surface area contributed by atoms with E-state index in [9.17, 15) is 18.0 Å². The Labute approximate surface area is 252 Å². The highest BCUT2D eigenvalue weighted by molar-refractivity contribution is 7.92. The molecule has 0 aliphatic heterocycles. The van der Waals surface area contributed by atoms with Gasteiger partial charge in [-0.25, -0.2) is 8.42 Å². The summed E-state index contributed by atoms with van der Waals surface area (Å²) < 4.78 is 32.3. The zero-order chi connectivity index (χ0) is 30.0. The van der Waals surface area contributed by atoms with E-state index in [2.05, 4.69) is 5.32 Å². The molecule has 0 saturated heterocycles. The van der Waals surface area contributed by atoms with Crippen molar-refractivity contribution in [3.8, 4) is 5.75 Å². The Morgan fingerprint density at radius 3 is 2.27 bits per heavy atom. The van der Waals surface area contributed by atoms with Gasteiger partial charge >= 0.3 is 0 Å². The van der Waals surface area contributed by atoms with Gasteiger partial charge in [-0.15, -0.1) is 0 Å². The van der Waals surface area contributed by atoms with Crippen molar-refractivity contribution in [2.75, 3.05) is 30.8 Å². The van der Waals surface area contributed by atoms with Crippen LogP contribution in [0, 0.1) is 0 Å². The number of unbranched alkanes of at least 4 members (excludes halogenated alkanes) is 1. The molecule has 8 nitrogen and oxygen atoms in total. The van der Waals surface area contributed by atoms with Gasteiger partial charge in [0.25, 0.3) is 0 Å². The number of carbonyl (C=O) groups is 2. The molecule has 0 spiro atoms. The number of nitrogens with one attached hydrogen (secondary N) is 1. The minimum absolute atomic E-state index is 0.0301. The maximum atomic E-state index is 14.1. The average molecular weight is 621 g/mol. The highest BCUT2D eigenvalue weighted by atomic mass is 35.5. The summed E-state index contributed by atoms with van der Waals surface area (Å²) in [6.07, 6.45) is 2.90. The molecule has 11 heteroatoms. The molecule has 3 aromatic rings. The lowest BCUT2D eigenvalue weighted by Gasteiger charge is -2.33. The molecule has 3 rings (SSSR count). The zero-order valence-corrected chi connectivity index (χ0v) is 25.7. The van der Waals surface area contributed by atoms with Crippen LogP contribution in [0.2, 0.25) is 10.0 Å². The van der Waals surface area contributed by atoms with Crippen molar-refractivity contribution >= 4 is 50.7 Å². The number of amides is 2. The number of methoxy groups -OCH3 is 1. The van der Waals surface area contributed by atoms with E-state index in [1.165, 1.54) is 24.1 Å². The topological polar surface area (TPSA) is 96.0 Å². The van der Waals surface area contributed by atoms with Crippen LogP contribution < -0.4 is 14.4 Å². The quantitative estimate of drug-likeness (QED) is 0.246. The van der Waals surface area contributed by atoms with Crippen LogP contribution >= 0.6 is 23.2 Å². The molecular weight excluding hydrogens is 585 g/mol. The predicted octanol–water partition coefficient (Wildman–Crippen LogP) is 5.32. The number of carbonyl (C=O) groups excluding carboxylic acids is 2. The fourth-order valence-electron chi connectivity index (χ4n) is 4.34. The molecule has 2 amide bonds. The van der Waals surface area contributed by atoms with E-state index in [0.29, 0.717) is 17.1 Å². The van der Waals surface area contributed by atoms with Gasteiger partial charge in [0.05, 0.1) is 19.1 Å². The number of hydrogen-bond acceptors (Lipinski definition) is 5. The van der Waals surface area contributed by atoms with Gasteiger partial charge in [-0.05, 0) is 47.9 Å². The highest BCUT2D eigenvalue weighted by Crippen LogP contribution is 2.33. The van der Waals surface area contributed by atoms with Gasteiger partial charge in [-0.1, -0.05) is 79.0 Å². The van der Waals surface area contributed by atoms with Gasteiger partial charge in [0.15, 0.2) is 0 Å². The Balaban J connectivity index is 2.08. The third kappa shape index (κ3) is 9.38. The second-order valence-electron chi connectivity index (χ2n) is 9.59. The fraction of sp³-hybridized carbons (Fsp3) is 0.333. The molecule has 1 N–H and O–H groups in total. The zero-order valence-electron chi connectivity index (χ0n) is 23.3. The molecule has 1 atom stereocenters. The van der Waals surface area contributed by atoms with Crippen LogP contribution in [0.1, 0.15) is 30.9 Å². The Morgan fingerprint density at radius 1 is 0.951 bits per heavy atom. The molecule has 0 heterocycles. The van der Waals surface area contributed by atoms with E-state index in [4.69, 9.17) is 27.9 Å². The van der Waals surface area contributed by atoms with Crippen molar-refractivity contribution < 1.29 is 22.7 Å². The van der Waals surface area contributed by atoms with Crippen molar-refractivity contribution in [1.82, 2.24) is 10.2 Å². The summed E-state index contributed by atoms with van der Waals surface area (Å²) in [5.41, 5.74) is 1.66. The van der Waals surface area contributed by atoms with Crippen molar-refractivity contribution in [3.63, 3.8) is 0 Å². The van der Waals surface area contributed by atoms with E-state index < -0.39 is 28.5 Å². The first-order valence-electron chi connectivity index (χ1n) is 13.2. The van der Waals surface area contributed by atoms with Crippen molar-refractivity contribution in [1.29, 1.82) is 0 Å². The average Bonchev–Trinajstić information content (AvgIpc) is 2.93. The molecule has 3 aromatic carbocycles. The Bertz CT molecular complexity index is 1440. The van der Waals surface area contributed by atoms with Crippen LogP contribution in [0.25, 0.3) is 0 Å². The van der Waals surface area contributed by atoms with Gasteiger partial charge < -0.3 is 15.0 Å². The lowest BCUT2D eigenvalue weighted by atomic mass is 10.0. The predicted molar refractivity (Wildman–Crippen MR) is 164 cm³/mol. The summed E-state index contributed by atoms with van der Waals surface area (Å²) in [4.78, 5) is 29.2. The molecular formula is C30H35Cl2N3O5S. The first-order valence-corrected chi connectivity index (χ1v) is 15.8. The van der Waals surface area contributed by atoms with E-state index in [-0.39, 0.29) is 35.3 Å². The number of sulfonamides is 1. The monoisotopic (exact) mass is 619 g/mol. The molecule has 220 valence electrons. The van der Waals surface area contributed by atoms with Crippen LogP contribution in [-0.2, 0) is 32.6 Å². The van der Waals surface area contributed by atoms with Gasteiger partial charge in [-0.2, -0.15) is 0 Å². The van der Waals surface area contributed by atoms with Crippen molar-refractivity contribution in [2.24, 2.45) is 0 Å². The molecule has 0 radical (unpaired) electrons. The number of ether oxygens (including phenoxy) is 1. The number of nitrogens with zero attached hydrogens (tertiary/aromatic N) is 2. The van der Waals surface area contributed by atoms with Crippen LogP contribution in [0.4, 0.5) is 5.69 Å². The third-order valence-corrected chi connectivity index (χ3v) is 8.03. The molecule has 0 aliphatic rings. The first kappa shape index (κ1) is 32.2. The molecule has 0 unspecified atom stereocenters. The van der Waals surface area contributed by atoms with Crippen LogP contribution in [-0.4, -0.2) is 57.6 Å². The van der Waals surface area contributed by atoms with Gasteiger partial charge in [0.2, 0.25) is 21.8 Å². The fourth-order valence-corrected chi connectivity index (χ4v) is 5.57. The van der Waals surface area contributed by atoms with Crippen molar-refractivity contribution in [2.45, 2.75) is 38.8 Å². The van der Waals surface area contributed by atoms with E-state index in [1.807, 2.05) is 37.3 Å². The Morgan fingerprint density at radius 2 is 1.63 bits per heavy atom. The van der Waals surface area contributed by atoms with Gasteiger partial charge in [-0.3, -0.25) is 13.9 Å². The lowest BCUT2D eigenvalue weighted by molar-refractivity contribution is -0.140. The normalized spacial score (nSPS) is 11.9. The summed E-state index contributed by atoms with van der Waals surface area (Å²) in [6, 6.07) is 19.9. The lowest BCUT2D eigenvalue weighted by Crippen LogP contribution is -2.53. The third-order valence-electron chi connectivity index (χ3n) is 6.43. The summed E-state index contributed by atoms with van der Waals surface area (Å²) in [5.74, 6) is -0.680. The second-order valence-corrected chi connectivity index (χ2v) is 12.4. The summed E-state index contributed by atoms with van der Waals surface area (Å²) in [7, 11) is -2.57. The van der Waals surface area contributed by atoms with Crippen LogP contribution in [0.5, 0.6) is 5.75 Å². The molecule has 41 heavy (non-hydrogen) atoms. The first-order chi connectivity index (χ1) is 19.5. The van der Waals surface area contributed by atoms with Gasteiger partial charge in [0.1, 0.15) is 18.3 Å². The molecule has 0 aliphatic carbocycles. The summed E-state index contributed by atoms with van der Waals surface area (Å²) in [6.45, 7) is 1.92. The van der Waals surface area contributed by atoms with E-state index in [0.717, 1.165) is 29.0 Å². The minimum atomic E-state index is -3.97. The maximum absolute atomic E-state index is 14.1. The number of rotatable bonds is 14. The molecule has 0 fully saturated rings. The maximum Gasteiger partial charge on any atom is 0.244 e. The minimum Gasteiger partial charge on any atom is -0.495 e. The molecule has 0 bridgehead atoms. The van der Waals surface area contributed by atoms with Crippen LogP contribution in [0.15, 0.2) is 72.8 Å². The smallest absolute Gasteiger partial charge is 0.244 e. The van der Waals surface area contributed by atoms with E-state index in [1.54, 1.807) is 30.3 Å². The van der Waals surface area contributed by atoms with Gasteiger partial charge in [0, 0.05) is 29.6 Å². The number of benzene rings is 3. The van der Waals surface area contributed by atoms with E-state index >= 15 is 0 Å². The SMILES string of the molecule is CCCCNC(=O)[C@@H](Cc1ccccc1)N(Cc1cccc(Cl)c1)C(=O)CN(c1cc(Cl)ccc1OC)S(C)(=O)=O. The Hall–Kier alpha value is -3.27. The number of hydrogen-bond donors (Lipinski definition) is 1. The highest BCUT2D eigenvalue weighted by Gasteiger charge is 2.33. The second kappa shape index (κ2) is 15.1. The van der Waals surface area contributed by atoms with Crippen molar-refractivity contribution in [3.05, 3.63) is 94.0 Å². The summed E-state index contributed by atoms with van der Waals surface area (Å²) in [5, 5.41) is 3.70. The largest absolute Gasteiger partial charge is 0.495 e.